The summed E-state index contributed by atoms with van der Waals surface area (Å²) in [6.07, 6.45) is 1.25. The minimum Gasteiger partial charge on any atom is -0.348 e. The smallest absolute Gasteiger partial charge is 0.185 e. The van der Waals surface area contributed by atoms with Crippen molar-refractivity contribution in [2.75, 3.05) is 18.0 Å². The van der Waals surface area contributed by atoms with Gasteiger partial charge in [-0.15, -0.1) is 11.3 Å². The molecule has 0 N–H and O–H groups in total. The normalized spacial score (nSPS) is 15.8. The van der Waals surface area contributed by atoms with Gasteiger partial charge in [-0.25, -0.2) is 13.4 Å². The third-order valence-electron chi connectivity index (χ3n) is 4.86. The first-order valence-electron chi connectivity index (χ1n) is 8.79. The number of hydrogen-bond donors (Lipinski definition) is 0. The second-order valence-corrected chi connectivity index (χ2v) is 10.5. The van der Waals surface area contributed by atoms with E-state index in [0.29, 0.717) is 30.8 Å². The molecular weight excluding hydrogens is 444 g/mol. The topological polar surface area (TPSA) is 50.3 Å². The molecular formula is C20H19BrN2O2S2. The molecule has 4 rings (SSSR count). The van der Waals surface area contributed by atoms with Gasteiger partial charge < -0.3 is 4.90 Å². The molecule has 1 saturated heterocycles. The van der Waals surface area contributed by atoms with Gasteiger partial charge in [-0.2, -0.15) is 0 Å². The molecule has 0 spiro atoms. The maximum absolute atomic E-state index is 12.9. The molecule has 1 aromatic heterocycles. The molecule has 0 bridgehead atoms. The van der Waals surface area contributed by atoms with Crippen molar-refractivity contribution in [2.24, 2.45) is 0 Å². The standard InChI is InChI=1S/C20H19BrN2O2S2/c21-16-6-8-17(9-7-16)27(24,25)18-10-12-23(13-11-18)20-22-19(14-26-20)15-4-2-1-3-5-15/h1-9,14,18H,10-13H2. The van der Waals surface area contributed by atoms with Gasteiger partial charge in [0.1, 0.15) is 0 Å². The van der Waals surface area contributed by atoms with E-state index < -0.39 is 9.84 Å². The molecule has 27 heavy (non-hydrogen) atoms. The van der Waals surface area contributed by atoms with Crippen molar-refractivity contribution < 1.29 is 8.42 Å². The number of sulfone groups is 1. The van der Waals surface area contributed by atoms with Crippen molar-refractivity contribution in [3.63, 3.8) is 0 Å². The summed E-state index contributed by atoms with van der Waals surface area (Å²) < 4.78 is 26.7. The number of anilines is 1. The molecule has 140 valence electrons. The summed E-state index contributed by atoms with van der Waals surface area (Å²) in [6.45, 7) is 1.42. The Bertz CT molecular complexity index is 1010. The van der Waals surface area contributed by atoms with Crippen molar-refractivity contribution in [1.82, 2.24) is 4.98 Å². The zero-order valence-corrected chi connectivity index (χ0v) is 17.8. The Kier molecular flexibility index (Phi) is 5.34. The molecule has 0 saturated carbocycles. The Balaban J connectivity index is 1.45. The lowest BCUT2D eigenvalue weighted by Gasteiger charge is -2.31. The minimum atomic E-state index is -3.29. The number of hydrogen-bond acceptors (Lipinski definition) is 5. The quantitative estimate of drug-likeness (QED) is 0.546. The summed E-state index contributed by atoms with van der Waals surface area (Å²) >= 11 is 4.97. The van der Waals surface area contributed by atoms with Gasteiger partial charge in [0.2, 0.25) is 0 Å². The highest BCUT2D eigenvalue weighted by Crippen LogP contribution is 2.31. The average molecular weight is 463 g/mol. The van der Waals surface area contributed by atoms with Gasteiger partial charge >= 0.3 is 0 Å². The fourth-order valence-electron chi connectivity index (χ4n) is 3.33. The van der Waals surface area contributed by atoms with Gasteiger partial charge in [-0.3, -0.25) is 0 Å². The average Bonchev–Trinajstić information content (AvgIpc) is 3.19. The monoisotopic (exact) mass is 462 g/mol. The summed E-state index contributed by atoms with van der Waals surface area (Å²) in [6, 6.07) is 17.0. The molecule has 1 aliphatic rings. The van der Waals surface area contributed by atoms with Crippen LogP contribution in [0.2, 0.25) is 0 Å². The van der Waals surface area contributed by atoms with Gasteiger partial charge in [0.25, 0.3) is 0 Å². The van der Waals surface area contributed by atoms with E-state index in [4.69, 9.17) is 4.98 Å². The van der Waals surface area contributed by atoms with Crippen molar-refractivity contribution >= 4 is 42.2 Å². The Hall–Kier alpha value is -1.70. The molecule has 7 heteroatoms. The third kappa shape index (κ3) is 3.95. The lowest BCUT2D eigenvalue weighted by molar-refractivity contribution is 0.529. The Morgan fingerprint density at radius 3 is 2.33 bits per heavy atom. The van der Waals surface area contributed by atoms with Gasteiger partial charge in [-0.05, 0) is 37.1 Å². The second kappa shape index (κ2) is 7.73. The first-order chi connectivity index (χ1) is 13.0. The highest BCUT2D eigenvalue weighted by molar-refractivity contribution is 9.10. The van der Waals surface area contributed by atoms with Crippen molar-refractivity contribution in [3.8, 4) is 11.3 Å². The van der Waals surface area contributed by atoms with Crippen LogP contribution in [-0.2, 0) is 9.84 Å². The lowest BCUT2D eigenvalue weighted by Crippen LogP contribution is -2.39. The zero-order chi connectivity index (χ0) is 18.9. The predicted molar refractivity (Wildman–Crippen MR) is 114 cm³/mol. The van der Waals surface area contributed by atoms with Crippen LogP contribution >= 0.6 is 27.3 Å². The molecule has 4 nitrogen and oxygen atoms in total. The van der Waals surface area contributed by atoms with E-state index in [1.54, 1.807) is 35.6 Å². The maximum atomic E-state index is 12.9. The minimum absolute atomic E-state index is 0.330. The van der Waals surface area contributed by atoms with E-state index in [1.165, 1.54) is 0 Å². The maximum Gasteiger partial charge on any atom is 0.185 e. The molecule has 0 atom stereocenters. The van der Waals surface area contributed by atoms with Crippen LogP contribution in [0.25, 0.3) is 11.3 Å². The van der Waals surface area contributed by atoms with Gasteiger partial charge in [-0.1, -0.05) is 46.3 Å². The molecule has 2 aromatic carbocycles. The Morgan fingerprint density at radius 2 is 1.67 bits per heavy atom. The fraction of sp³-hybridized carbons (Fsp3) is 0.250. The molecule has 0 radical (unpaired) electrons. The number of benzene rings is 2. The number of thiazole rings is 1. The molecule has 1 fully saturated rings. The molecule has 1 aliphatic heterocycles. The van der Waals surface area contributed by atoms with E-state index in [9.17, 15) is 8.42 Å². The number of piperidine rings is 1. The second-order valence-electron chi connectivity index (χ2n) is 6.57. The molecule has 2 heterocycles. The van der Waals surface area contributed by atoms with Crippen LogP contribution in [0.3, 0.4) is 0 Å². The highest BCUT2D eigenvalue weighted by Gasteiger charge is 2.32. The summed E-state index contributed by atoms with van der Waals surface area (Å²) in [5.41, 5.74) is 2.08. The fourth-order valence-corrected chi connectivity index (χ4v) is 6.21. The van der Waals surface area contributed by atoms with E-state index in [2.05, 4.69) is 38.3 Å². The third-order valence-corrected chi connectivity index (χ3v) is 8.56. The molecule has 0 aliphatic carbocycles. The van der Waals surface area contributed by atoms with Crippen molar-refractivity contribution in [1.29, 1.82) is 0 Å². The summed E-state index contributed by atoms with van der Waals surface area (Å²) in [4.78, 5) is 7.36. The van der Waals surface area contributed by atoms with Gasteiger partial charge in [0, 0.05) is 28.5 Å². The van der Waals surface area contributed by atoms with Crippen LogP contribution in [0.5, 0.6) is 0 Å². The zero-order valence-electron chi connectivity index (χ0n) is 14.6. The Labute approximate surface area is 171 Å². The van der Waals surface area contributed by atoms with Gasteiger partial charge in [0.15, 0.2) is 15.0 Å². The highest BCUT2D eigenvalue weighted by atomic mass is 79.9. The van der Waals surface area contributed by atoms with E-state index in [1.807, 2.05) is 18.2 Å². The molecule has 3 aromatic rings. The molecule has 0 unspecified atom stereocenters. The van der Waals surface area contributed by atoms with Crippen molar-refractivity contribution in [2.45, 2.75) is 23.0 Å². The summed E-state index contributed by atoms with van der Waals surface area (Å²) in [7, 11) is -3.29. The first kappa shape index (κ1) is 18.7. The molecule has 0 amide bonds. The number of halogens is 1. The summed E-state index contributed by atoms with van der Waals surface area (Å²) in [5.74, 6) is 0. The Morgan fingerprint density at radius 1 is 1.00 bits per heavy atom. The first-order valence-corrected chi connectivity index (χ1v) is 12.0. The summed E-state index contributed by atoms with van der Waals surface area (Å²) in [5, 5.41) is 2.70. The predicted octanol–water partition coefficient (Wildman–Crippen LogP) is 5.02. The van der Waals surface area contributed by atoms with E-state index in [0.717, 1.165) is 20.9 Å². The van der Waals surface area contributed by atoms with Crippen LogP contribution in [-0.4, -0.2) is 31.7 Å². The van der Waals surface area contributed by atoms with Crippen LogP contribution in [0.4, 0.5) is 5.13 Å². The van der Waals surface area contributed by atoms with Crippen LogP contribution < -0.4 is 4.90 Å². The van der Waals surface area contributed by atoms with E-state index >= 15 is 0 Å². The van der Waals surface area contributed by atoms with Gasteiger partial charge in [0.05, 0.1) is 15.8 Å². The number of rotatable bonds is 4. The lowest BCUT2D eigenvalue weighted by atomic mass is 10.1. The van der Waals surface area contributed by atoms with Crippen LogP contribution in [0.15, 0.2) is 69.3 Å². The SMILES string of the molecule is O=S(=O)(c1ccc(Br)cc1)C1CCN(c2nc(-c3ccccc3)cs2)CC1. The number of nitrogens with zero attached hydrogens (tertiary/aromatic N) is 2. The van der Waals surface area contributed by atoms with E-state index in [-0.39, 0.29) is 5.25 Å². The van der Waals surface area contributed by atoms with Crippen LogP contribution in [0, 0.1) is 0 Å². The van der Waals surface area contributed by atoms with Crippen LogP contribution in [0.1, 0.15) is 12.8 Å². The van der Waals surface area contributed by atoms with Crippen molar-refractivity contribution in [3.05, 3.63) is 64.5 Å². The number of aromatic nitrogens is 1. The largest absolute Gasteiger partial charge is 0.348 e.